The van der Waals surface area contributed by atoms with Crippen LogP contribution in [0, 0.1) is 23.7 Å². The maximum absolute atomic E-state index is 12.4. The van der Waals surface area contributed by atoms with E-state index in [0.717, 1.165) is 18.6 Å². The van der Waals surface area contributed by atoms with Gasteiger partial charge in [0.15, 0.2) is 12.3 Å². The van der Waals surface area contributed by atoms with E-state index < -0.39 is 18.5 Å². The number of nitrogens with one attached hydrogen (secondary N) is 1. The van der Waals surface area contributed by atoms with Crippen LogP contribution in [-0.4, -0.2) is 38.8 Å². The molecule has 2 aromatic rings. The molecule has 1 amide bonds. The van der Waals surface area contributed by atoms with Crippen LogP contribution in [0.5, 0.6) is 0 Å². The van der Waals surface area contributed by atoms with Crippen molar-refractivity contribution in [3.63, 3.8) is 0 Å². The molecule has 2 bridgehead atoms. The Bertz CT molecular complexity index is 993. The highest BCUT2D eigenvalue weighted by Gasteiger charge is 2.60. The van der Waals surface area contributed by atoms with Crippen LogP contribution in [0.15, 0.2) is 23.6 Å². The van der Waals surface area contributed by atoms with Crippen molar-refractivity contribution in [3.05, 3.63) is 29.7 Å². The topological polar surface area (TPSA) is 98.0 Å². The summed E-state index contributed by atoms with van der Waals surface area (Å²) in [6.45, 7) is 8.09. The standard InChI is InChI=1S/C20H25N5O3/c1-12-16(17-21-8-5-9-25(17)24-12)18(27)28-11-15(26)23-22-14-10-13-6-7-20(14,4)19(13,2)3/h5,8-9,13H,6-7,10-11H2,1-4H3,(H,23,26)/b22-14+. The highest BCUT2D eigenvalue weighted by Crippen LogP contribution is 2.63. The number of aromatic nitrogens is 3. The monoisotopic (exact) mass is 383 g/mol. The highest BCUT2D eigenvalue weighted by molar-refractivity contribution is 5.98. The molecule has 8 nitrogen and oxygen atoms in total. The van der Waals surface area contributed by atoms with Crippen LogP contribution < -0.4 is 5.43 Å². The Morgan fingerprint density at radius 3 is 2.86 bits per heavy atom. The van der Waals surface area contributed by atoms with E-state index in [0.29, 0.717) is 17.3 Å². The van der Waals surface area contributed by atoms with Crippen molar-refractivity contribution in [3.8, 4) is 0 Å². The van der Waals surface area contributed by atoms with E-state index >= 15 is 0 Å². The first-order valence-corrected chi connectivity index (χ1v) is 9.57. The van der Waals surface area contributed by atoms with Crippen LogP contribution >= 0.6 is 0 Å². The van der Waals surface area contributed by atoms with Crippen molar-refractivity contribution >= 4 is 23.2 Å². The molecular weight excluding hydrogens is 358 g/mol. The second-order valence-electron chi connectivity index (χ2n) is 8.51. The molecular formula is C20H25N5O3. The molecule has 148 valence electrons. The van der Waals surface area contributed by atoms with Crippen LogP contribution in [0.3, 0.4) is 0 Å². The molecule has 0 radical (unpaired) electrons. The number of hydrogen-bond donors (Lipinski definition) is 1. The van der Waals surface area contributed by atoms with Crippen molar-refractivity contribution in [2.45, 2.75) is 47.0 Å². The van der Waals surface area contributed by atoms with Crippen LogP contribution in [0.2, 0.25) is 0 Å². The van der Waals surface area contributed by atoms with Crippen molar-refractivity contribution < 1.29 is 14.3 Å². The summed E-state index contributed by atoms with van der Waals surface area (Å²) in [6.07, 6.45) is 6.49. The van der Waals surface area contributed by atoms with E-state index in [2.05, 4.69) is 41.4 Å². The summed E-state index contributed by atoms with van der Waals surface area (Å²) in [5, 5.41) is 8.60. The number of hydrazone groups is 1. The molecule has 2 aliphatic rings. The van der Waals surface area contributed by atoms with Gasteiger partial charge in [-0.05, 0) is 43.6 Å². The first-order chi connectivity index (χ1) is 13.2. The molecule has 4 rings (SSSR count). The smallest absolute Gasteiger partial charge is 0.344 e. The summed E-state index contributed by atoms with van der Waals surface area (Å²) in [6, 6.07) is 1.72. The van der Waals surface area contributed by atoms with Gasteiger partial charge in [-0.3, -0.25) is 4.79 Å². The predicted molar refractivity (Wildman–Crippen MR) is 103 cm³/mol. The summed E-state index contributed by atoms with van der Waals surface area (Å²) in [5.74, 6) is -0.466. The normalized spacial score (nSPS) is 26.7. The van der Waals surface area contributed by atoms with Gasteiger partial charge in [-0.25, -0.2) is 19.7 Å². The zero-order valence-corrected chi connectivity index (χ0v) is 16.7. The predicted octanol–water partition coefficient (Wildman–Crippen LogP) is 2.51. The van der Waals surface area contributed by atoms with Crippen molar-refractivity contribution in [1.29, 1.82) is 0 Å². The van der Waals surface area contributed by atoms with Crippen LogP contribution in [0.25, 0.3) is 5.65 Å². The number of esters is 1. The lowest BCUT2D eigenvalue weighted by Gasteiger charge is -2.34. The van der Waals surface area contributed by atoms with Gasteiger partial charge in [0, 0.05) is 23.5 Å². The Balaban J connectivity index is 1.39. The largest absolute Gasteiger partial charge is 0.452 e. The van der Waals surface area contributed by atoms with Gasteiger partial charge in [0.2, 0.25) is 0 Å². The van der Waals surface area contributed by atoms with Gasteiger partial charge in [-0.15, -0.1) is 0 Å². The first-order valence-electron chi connectivity index (χ1n) is 9.57. The van der Waals surface area contributed by atoms with E-state index in [1.54, 1.807) is 25.4 Å². The van der Waals surface area contributed by atoms with Gasteiger partial charge in [-0.2, -0.15) is 10.2 Å². The Kier molecular flexibility index (Phi) is 4.24. The van der Waals surface area contributed by atoms with Gasteiger partial charge in [0.25, 0.3) is 5.91 Å². The summed E-state index contributed by atoms with van der Waals surface area (Å²) in [5.41, 5.74) is 4.98. The average molecular weight is 383 g/mol. The third-order valence-electron chi connectivity index (χ3n) is 6.94. The fraction of sp³-hybridized carbons (Fsp3) is 0.550. The molecule has 0 aliphatic heterocycles. The van der Waals surface area contributed by atoms with Gasteiger partial charge in [0.1, 0.15) is 5.56 Å². The SMILES string of the molecule is Cc1nn2cccnc2c1C(=O)OCC(=O)N/N=C1\CC2CCC1(C)C2(C)C. The highest BCUT2D eigenvalue weighted by atomic mass is 16.5. The first kappa shape index (κ1) is 18.6. The number of ether oxygens (including phenoxy) is 1. The van der Waals surface area contributed by atoms with Gasteiger partial charge in [0.05, 0.1) is 5.69 Å². The Morgan fingerprint density at radius 1 is 1.39 bits per heavy atom. The molecule has 2 atom stereocenters. The number of carbonyl (C=O) groups is 2. The maximum Gasteiger partial charge on any atom is 0.344 e. The fourth-order valence-electron chi connectivity index (χ4n) is 4.70. The molecule has 0 saturated heterocycles. The second kappa shape index (κ2) is 6.39. The van der Waals surface area contributed by atoms with Gasteiger partial charge < -0.3 is 4.74 Å². The summed E-state index contributed by atoms with van der Waals surface area (Å²) >= 11 is 0. The van der Waals surface area contributed by atoms with Crippen LogP contribution in [-0.2, 0) is 9.53 Å². The van der Waals surface area contributed by atoms with E-state index in [1.807, 2.05) is 0 Å². The minimum Gasteiger partial charge on any atom is -0.452 e. The van der Waals surface area contributed by atoms with Crippen LogP contribution in [0.4, 0.5) is 0 Å². The number of amides is 1. The lowest BCUT2D eigenvalue weighted by Crippen LogP contribution is -2.35. The maximum atomic E-state index is 12.4. The molecule has 28 heavy (non-hydrogen) atoms. The summed E-state index contributed by atoms with van der Waals surface area (Å²) < 4.78 is 6.68. The molecule has 2 heterocycles. The Hall–Kier alpha value is -2.77. The molecule has 0 spiro atoms. The van der Waals surface area contributed by atoms with E-state index in [9.17, 15) is 9.59 Å². The molecule has 2 fully saturated rings. The third-order valence-corrected chi connectivity index (χ3v) is 6.94. The lowest BCUT2D eigenvalue weighted by molar-refractivity contribution is -0.124. The van der Waals surface area contributed by atoms with E-state index in [-0.39, 0.29) is 16.4 Å². The number of nitrogens with zero attached hydrogens (tertiary/aromatic N) is 4. The molecule has 2 unspecified atom stereocenters. The van der Waals surface area contributed by atoms with E-state index in [1.165, 1.54) is 10.9 Å². The fourth-order valence-corrected chi connectivity index (χ4v) is 4.70. The van der Waals surface area contributed by atoms with Gasteiger partial charge >= 0.3 is 5.97 Å². The second-order valence-corrected chi connectivity index (χ2v) is 8.51. The molecule has 2 aromatic heterocycles. The molecule has 0 aromatic carbocycles. The van der Waals surface area contributed by atoms with Crippen molar-refractivity contribution in [2.24, 2.45) is 21.8 Å². The lowest BCUT2D eigenvalue weighted by atomic mass is 9.70. The van der Waals surface area contributed by atoms with E-state index in [4.69, 9.17) is 4.74 Å². The number of fused-ring (bicyclic) bond motifs is 3. The molecule has 1 N–H and O–H groups in total. The number of carbonyl (C=O) groups excluding carboxylic acids is 2. The summed E-state index contributed by atoms with van der Waals surface area (Å²) in [7, 11) is 0. The number of rotatable bonds is 4. The van der Waals surface area contributed by atoms with Gasteiger partial charge in [-0.1, -0.05) is 20.8 Å². The van der Waals surface area contributed by atoms with Crippen molar-refractivity contribution in [2.75, 3.05) is 6.61 Å². The Morgan fingerprint density at radius 2 is 2.18 bits per heavy atom. The third kappa shape index (κ3) is 2.70. The number of aryl methyl sites for hydroxylation is 1. The minimum absolute atomic E-state index is 0.0154. The Labute approximate surface area is 163 Å². The summed E-state index contributed by atoms with van der Waals surface area (Å²) in [4.78, 5) is 28.7. The van der Waals surface area contributed by atoms with Crippen LogP contribution in [0.1, 0.15) is 56.1 Å². The zero-order chi connectivity index (χ0) is 20.1. The quantitative estimate of drug-likeness (QED) is 0.646. The molecule has 2 aliphatic carbocycles. The minimum atomic E-state index is -0.623. The number of hydrogen-bond acceptors (Lipinski definition) is 6. The molecule has 8 heteroatoms. The average Bonchev–Trinajstić information content (AvgIpc) is 3.17. The van der Waals surface area contributed by atoms with Crippen molar-refractivity contribution in [1.82, 2.24) is 20.0 Å². The molecule has 2 saturated carbocycles. The zero-order valence-electron chi connectivity index (χ0n) is 16.7.